The van der Waals surface area contributed by atoms with E-state index < -0.39 is 0 Å². The zero-order valence-electron chi connectivity index (χ0n) is 10.9. The van der Waals surface area contributed by atoms with E-state index in [4.69, 9.17) is 0 Å². The minimum atomic E-state index is 0.112. The molecule has 1 unspecified atom stereocenters. The summed E-state index contributed by atoms with van der Waals surface area (Å²) in [6, 6.07) is 11.0. The van der Waals surface area contributed by atoms with Crippen molar-refractivity contribution in [3.63, 3.8) is 0 Å². The smallest absolute Gasteiger partial charge is 0.0975 e. The van der Waals surface area contributed by atoms with Gasteiger partial charge in [0.2, 0.25) is 0 Å². The van der Waals surface area contributed by atoms with Crippen molar-refractivity contribution in [1.29, 1.82) is 0 Å². The molecular weight excluding hydrogens is 240 g/mol. The molecule has 0 aromatic heterocycles. The summed E-state index contributed by atoms with van der Waals surface area (Å²) < 4.78 is 0. The maximum Gasteiger partial charge on any atom is 0.0975 e. The quantitative estimate of drug-likeness (QED) is 0.882. The third-order valence-corrected chi connectivity index (χ3v) is 5.13. The number of rotatable bonds is 2. The molecule has 18 heavy (non-hydrogen) atoms. The lowest BCUT2D eigenvalue weighted by molar-refractivity contribution is 0.0339. The average Bonchev–Trinajstić information content (AvgIpc) is 2.50. The maximum atomic E-state index is 3.84. The highest BCUT2D eigenvalue weighted by atomic mass is 32.2. The van der Waals surface area contributed by atoms with Crippen LogP contribution >= 0.6 is 11.8 Å². The number of nitrogens with one attached hydrogen (secondary N) is 1. The Morgan fingerprint density at radius 3 is 2.50 bits per heavy atom. The molecule has 2 saturated heterocycles. The van der Waals surface area contributed by atoms with E-state index in [1.807, 2.05) is 0 Å². The molecule has 1 aromatic carbocycles. The number of piperidine rings is 1. The van der Waals surface area contributed by atoms with Crippen LogP contribution in [0.1, 0.15) is 24.8 Å². The van der Waals surface area contributed by atoms with Gasteiger partial charge in [0, 0.05) is 24.6 Å². The van der Waals surface area contributed by atoms with Gasteiger partial charge in [0.15, 0.2) is 0 Å². The molecule has 0 bridgehead atoms. The minimum absolute atomic E-state index is 0.112. The van der Waals surface area contributed by atoms with E-state index in [1.165, 1.54) is 49.4 Å². The second kappa shape index (κ2) is 5.64. The summed E-state index contributed by atoms with van der Waals surface area (Å²) in [4.78, 5) is 2.68. The van der Waals surface area contributed by atoms with Crippen molar-refractivity contribution in [3.8, 4) is 0 Å². The topological polar surface area (TPSA) is 15.3 Å². The molecule has 0 radical (unpaired) electrons. The Labute approximate surface area is 114 Å². The number of thioether (sulfide) groups is 1. The van der Waals surface area contributed by atoms with E-state index >= 15 is 0 Å². The molecule has 1 atom stereocenters. The van der Waals surface area contributed by atoms with Crippen LogP contribution in [0.4, 0.5) is 0 Å². The van der Waals surface area contributed by atoms with Crippen molar-refractivity contribution in [3.05, 3.63) is 35.9 Å². The van der Waals surface area contributed by atoms with Crippen molar-refractivity contribution in [2.75, 3.05) is 31.1 Å². The second-order valence-electron chi connectivity index (χ2n) is 5.21. The third-order valence-electron chi connectivity index (χ3n) is 4.19. The van der Waals surface area contributed by atoms with Gasteiger partial charge >= 0.3 is 0 Å². The van der Waals surface area contributed by atoms with E-state index in [9.17, 15) is 0 Å². The number of hydrogen-bond donors (Lipinski definition) is 1. The minimum Gasteiger partial charge on any atom is -0.295 e. The Bertz CT molecular complexity index is 367. The van der Waals surface area contributed by atoms with Crippen LogP contribution in [0.15, 0.2) is 30.3 Å². The zero-order valence-corrected chi connectivity index (χ0v) is 11.7. The second-order valence-corrected chi connectivity index (χ2v) is 6.43. The molecule has 3 heteroatoms. The molecule has 98 valence electrons. The largest absolute Gasteiger partial charge is 0.295 e. The summed E-state index contributed by atoms with van der Waals surface area (Å²) in [6.45, 7) is 3.58. The Hall–Kier alpha value is -0.510. The molecule has 2 nitrogen and oxygen atoms in total. The number of hydrogen-bond acceptors (Lipinski definition) is 3. The van der Waals surface area contributed by atoms with E-state index in [0.717, 1.165) is 6.54 Å². The summed E-state index contributed by atoms with van der Waals surface area (Å²) in [5, 5.41) is 3.84. The fraction of sp³-hybridized carbons (Fsp3) is 0.600. The number of benzene rings is 1. The predicted molar refractivity (Wildman–Crippen MR) is 78.9 cm³/mol. The van der Waals surface area contributed by atoms with Crippen LogP contribution in [0, 0.1) is 0 Å². The Kier molecular flexibility index (Phi) is 3.92. The van der Waals surface area contributed by atoms with Crippen molar-refractivity contribution >= 4 is 11.8 Å². The van der Waals surface area contributed by atoms with E-state index in [-0.39, 0.29) is 5.66 Å². The van der Waals surface area contributed by atoms with Gasteiger partial charge in [-0.1, -0.05) is 30.3 Å². The Balaban J connectivity index is 1.92. The summed E-state index contributed by atoms with van der Waals surface area (Å²) in [7, 11) is 0. The first-order valence-corrected chi connectivity index (χ1v) is 8.21. The van der Waals surface area contributed by atoms with Crippen molar-refractivity contribution in [1.82, 2.24) is 10.2 Å². The van der Waals surface area contributed by atoms with Gasteiger partial charge in [-0.25, -0.2) is 0 Å². The van der Waals surface area contributed by atoms with Gasteiger partial charge in [0.1, 0.15) is 0 Å². The molecule has 1 N–H and O–H groups in total. The van der Waals surface area contributed by atoms with E-state index in [1.54, 1.807) is 0 Å². The number of nitrogens with zero attached hydrogens (tertiary/aromatic N) is 1. The molecule has 2 aliphatic rings. The SMILES string of the molecule is c1ccc(C2(N3CCSCC3)CCCCN2)cc1. The first-order chi connectivity index (χ1) is 8.92. The van der Waals surface area contributed by atoms with Crippen LogP contribution in [0.25, 0.3) is 0 Å². The lowest BCUT2D eigenvalue weighted by Gasteiger charge is -2.49. The van der Waals surface area contributed by atoms with Gasteiger partial charge in [-0.05, 0) is 31.4 Å². The fourth-order valence-corrected chi connectivity index (χ4v) is 4.15. The molecule has 2 fully saturated rings. The van der Waals surface area contributed by atoms with Gasteiger partial charge in [-0.15, -0.1) is 0 Å². The molecule has 0 amide bonds. The highest BCUT2D eigenvalue weighted by Gasteiger charge is 2.39. The Morgan fingerprint density at radius 2 is 1.83 bits per heavy atom. The first-order valence-electron chi connectivity index (χ1n) is 7.05. The lowest BCUT2D eigenvalue weighted by Crippen LogP contribution is -2.60. The highest BCUT2D eigenvalue weighted by molar-refractivity contribution is 7.99. The van der Waals surface area contributed by atoms with Crippen molar-refractivity contribution in [2.45, 2.75) is 24.9 Å². The van der Waals surface area contributed by atoms with Crippen LogP contribution in [-0.4, -0.2) is 36.0 Å². The van der Waals surface area contributed by atoms with E-state index in [0.29, 0.717) is 0 Å². The van der Waals surface area contributed by atoms with E-state index in [2.05, 4.69) is 52.3 Å². The van der Waals surface area contributed by atoms with Crippen LogP contribution in [-0.2, 0) is 5.66 Å². The Morgan fingerprint density at radius 1 is 1.06 bits per heavy atom. The van der Waals surface area contributed by atoms with Gasteiger partial charge in [0.25, 0.3) is 0 Å². The van der Waals surface area contributed by atoms with Gasteiger partial charge in [0.05, 0.1) is 5.66 Å². The summed E-state index contributed by atoms with van der Waals surface area (Å²) in [5.41, 5.74) is 1.57. The monoisotopic (exact) mass is 262 g/mol. The molecule has 3 rings (SSSR count). The summed E-state index contributed by atoms with van der Waals surface area (Å²) >= 11 is 2.09. The highest BCUT2D eigenvalue weighted by Crippen LogP contribution is 2.35. The average molecular weight is 262 g/mol. The molecule has 0 spiro atoms. The predicted octanol–water partition coefficient (Wildman–Crippen LogP) is 2.66. The molecule has 0 saturated carbocycles. The van der Waals surface area contributed by atoms with Crippen molar-refractivity contribution < 1.29 is 0 Å². The summed E-state index contributed by atoms with van der Waals surface area (Å²) in [6.07, 6.45) is 3.91. The zero-order chi connectivity index (χ0) is 12.3. The first kappa shape index (κ1) is 12.5. The van der Waals surface area contributed by atoms with Gasteiger partial charge < -0.3 is 0 Å². The van der Waals surface area contributed by atoms with Crippen LogP contribution in [0.3, 0.4) is 0 Å². The molecule has 2 aliphatic heterocycles. The van der Waals surface area contributed by atoms with Crippen molar-refractivity contribution in [2.24, 2.45) is 0 Å². The molecule has 1 aromatic rings. The summed E-state index contributed by atoms with van der Waals surface area (Å²) in [5.74, 6) is 2.55. The molecule has 0 aliphatic carbocycles. The third kappa shape index (κ3) is 2.31. The lowest BCUT2D eigenvalue weighted by atomic mass is 9.88. The normalized spacial score (nSPS) is 30.2. The van der Waals surface area contributed by atoms with Crippen LogP contribution in [0.2, 0.25) is 0 Å². The van der Waals surface area contributed by atoms with Crippen LogP contribution in [0.5, 0.6) is 0 Å². The molecular formula is C15H22N2S. The van der Waals surface area contributed by atoms with Crippen LogP contribution < -0.4 is 5.32 Å². The maximum absolute atomic E-state index is 3.84. The standard InChI is InChI=1S/C15H22N2S/c1-2-6-14(7-3-1)15(8-4-5-9-16-15)17-10-12-18-13-11-17/h1-3,6-7,16H,4-5,8-13H2. The molecule has 2 heterocycles. The fourth-order valence-electron chi connectivity index (χ4n) is 3.25. The van der Waals surface area contributed by atoms with Gasteiger partial charge in [-0.3, -0.25) is 10.2 Å². The van der Waals surface area contributed by atoms with Gasteiger partial charge in [-0.2, -0.15) is 11.8 Å².